The zero-order valence-electron chi connectivity index (χ0n) is 13.6. The van der Waals surface area contributed by atoms with Gasteiger partial charge in [0.05, 0.1) is 37.8 Å². The summed E-state index contributed by atoms with van der Waals surface area (Å²) in [5.41, 5.74) is 0.567. The van der Waals surface area contributed by atoms with Crippen molar-refractivity contribution in [2.24, 2.45) is 0 Å². The van der Waals surface area contributed by atoms with Crippen LogP contribution >= 0.6 is 23.8 Å². The van der Waals surface area contributed by atoms with Gasteiger partial charge < -0.3 is 20.0 Å². The first-order chi connectivity index (χ1) is 11.0. The molecule has 1 amide bonds. The molecule has 126 valence electrons. The highest BCUT2D eigenvalue weighted by Crippen LogP contribution is 2.18. The molecule has 1 aromatic carbocycles. The molecule has 1 aliphatic rings. The normalized spacial score (nSPS) is 15.0. The van der Waals surface area contributed by atoms with E-state index in [1.807, 2.05) is 17.0 Å². The first kappa shape index (κ1) is 18.0. The van der Waals surface area contributed by atoms with Gasteiger partial charge >= 0.3 is 0 Å². The van der Waals surface area contributed by atoms with Gasteiger partial charge in [0, 0.05) is 26.2 Å². The van der Waals surface area contributed by atoms with Crippen LogP contribution in [-0.4, -0.2) is 74.2 Å². The Hall–Kier alpha value is -1.37. The average Bonchev–Trinajstić information content (AvgIpc) is 2.54. The zero-order chi connectivity index (χ0) is 16.8. The van der Waals surface area contributed by atoms with Gasteiger partial charge in [-0.25, -0.2) is 0 Å². The second-order valence-electron chi connectivity index (χ2n) is 5.95. The number of quaternary nitrogens is 1. The van der Waals surface area contributed by atoms with Gasteiger partial charge in [-0.2, -0.15) is 0 Å². The minimum absolute atomic E-state index is 0.00895. The summed E-state index contributed by atoms with van der Waals surface area (Å²) in [5, 5.41) is 4.56. The Balaban J connectivity index is 1.83. The van der Waals surface area contributed by atoms with Crippen LogP contribution in [0.5, 0.6) is 0 Å². The van der Waals surface area contributed by atoms with Crippen LogP contribution in [0.15, 0.2) is 24.3 Å². The smallest absolute Gasteiger partial charge is 0.255 e. The van der Waals surface area contributed by atoms with Crippen LogP contribution in [0, 0.1) is 0 Å². The third kappa shape index (κ3) is 5.06. The van der Waals surface area contributed by atoms with Crippen LogP contribution in [-0.2, 0) is 0 Å². The first-order valence-electron chi connectivity index (χ1n) is 7.84. The van der Waals surface area contributed by atoms with E-state index in [0.717, 1.165) is 31.3 Å². The fourth-order valence-corrected chi connectivity index (χ4v) is 2.95. The number of hydrogen-bond acceptors (Lipinski definition) is 2. The van der Waals surface area contributed by atoms with E-state index in [-0.39, 0.29) is 5.91 Å². The minimum Gasteiger partial charge on any atom is -0.357 e. The lowest BCUT2D eigenvalue weighted by atomic mass is 10.2. The fraction of sp³-hybridized carbons (Fsp3) is 0.500. The van der Waals surface area contributed by atoms with Gasteiger partial charge in [0.1, 0.15) is 0 Å². The van der Waals surface area contributed by atoms with E-state index in [0.29, 0.717) is 23.7 Å². The highest BCUT2D eigenvalue weighted by Gasteiger charge is 2.24. The second-order valence-corrected chi connectivity index (χ2v) is 6.74. The van der Waals surface area contributed by atoms with E-state index in [4.69, 9.17) is 23.8 Å². The van der Waals surface area contributed by atoms with Crippen molar-refractivity contribution < 1.29 is 9.69 Å². The van der Waals surface area contributed by atoms with Crippen LogP contribution in [0.2, 0.25) is 5.02 Å². The molecular weight excluding hydrogens is 332 g/mol. The van der Waals surface area contributed by atoms with Gasteiger partial charge in [-0.1, -0.05) is 23.7 Å². The van der Waals surface area contributed by atoms with Gasteiger partial charge in [0.25, 0.3) is 5.91 Å². The summed E-state index contributed by atoms with van der Waals surface area (Å²) in [6, 6.07) is 7.18. The van der Waals surface area contributed by atoms with Gasteiger partial charge in [-0.3, -0.25) is 4.79 Å². The van der Waals surface area contributed by atoms with Crippen molar-refractivity contribution in [3.05, 3.63) is 34.9 Å². The standard InChI is InChI=1S/C16H23ClN4OS/c1-19(2)8-7-18-16(23)21-11-9-20(10-12-21)15(22)13-5-3-4-6-14(13)17/h3-6H,7-12H2,1-2H3,(H,18,23)/p+1. The molecule has 2 N–H and O–H groups in total. The molecule has 0 aromatic heterocycles. The average molecular weight is 356 g/mol. The predicted octanol–water partition coefficient (Wildman–Crippen LogP) is 0.117. The van der Waals surface area contributed by atoms with Crippen molar-refractivity contribution in [2.75, 3.05) is 53.4 Å². The molecule has 5 nitrogen and oxygen atoms in total. The molecule has 1 fully saturated rings. The predicted molar refractivity (Wildman–Crippen MR) is 97.2 cm³/mol. The highest BCUT2D eigenvalue weighted by molar-refractivity contribution is 7.80. The maximum atomic E-state index is 12.5. The molecule has 1 aliphatic heterocycles. The number of thiocarbonyl (C=S) groups is 1. The highest BCUT2D eigenvalue weighted by atomic mass is 35.5. The Kier molecular flexibility index (Phi) is 6.62. The van der Waals surface area contributed by atoms with E-state index in [1.165, 1.54) is 4.90 Å². The number of nitrogens with one attached hydrogen (secondary N) is 2. The second kappa shape index (κ2) is 8.47. The van der Waals surface area contributed by atoms with Crippen LogP contribution in [0.4, 0.5) is 0 Å². The summed E-state index contributed by atoms with van der Waals surface area (Å²) in [7, 11) is 4.23. The van der Waals surface area contributed by atoms with Crippen molar-refractivity contribution in [2.45, 2.75) is 0 Å². The van der Waals surface area contributed by atoms with Crippen LogP contribution in [0.25, 0.3) is 0 Å². The first-order valence-corrected chi connectivity index (χ1v) is 8.63. The number of hydrogen-bond donors (Lipinski definition) is 2. The summed E-state index contributed by atoms with van der Waals surface area (Å²) < 4.78 is 0. The summed E-state index contributed by atoms with van der Waals surface area (Å²) in [6.45, 7) is 4.69. The SMILES string of the molecule is C[NH+](C)CCNC(=S)N1CCN(C(=O)c2ccccc2Cl)CC1. The van der Waals surface area contributed by atoms with Crippen molar-refractivity contribution >= 4 is 34.8 Å². The van der Waals surface area contributed by atoms with E-state index >= 15 is 0 Å². The number of halogens is 1. The molecule has 0 spiro atoms. The van der Waals surface area contributed by atoms with Crippen LogP contribution in [0.3, 0.4) is 0 Å². The van der Waals surface area contributed by atoms with Crippen molar-refractivity contribution in [3.63, 3.8) is 0 Å². The summed E-state index contributed by atoms with van der Waals surface area (Å²) >= 11 is 11.5. The van der Waals surface area contributed by atoms with Gasteiger partial charge in [-0.05, 0) is 24.4 Å². The number of benzene rings is 1. The molecule has 1 saturated heterocycles. The molecular formula is C16H24ClN4OS+. The third-order valence-electron chi connectivity index (χ3n) is 3.86. The summed E-state index contributed by atoms with van der Waals surface area (Å²) in [6.07, 6.45) is 0. The topological polar surface area (TPSA) is 40.0 Å². The molecule has 0 radical (unpaired) electrons. The van der Waals surface area contributed by atoms with Crippen molar-refractivity contribution in [1.82, 2.24) is 15.1 Å². The summed E-state index contributed by atoms with van der Waals surface area (Å²) in [5.74, 6) is -0.00895. The molecule has 2 rings (SSSR count). The fourth-order valence-electron chi connectivity index (χ4n) is 2.45. The molecule has 0 bridgehead atoms. The van der Waals surface area contributed by atoms with Crippen LogP contribution in [0.1, 0.15) is 10.4 Å². The lowest BCUT2D eigenvalue weighted by Crippen LogP contribution is -3.06. The maximum Gasteiger partial charge on any atom is 0.255 e. The Morgan fingerprint density at radius 3 is 2.43 bits per heavy atom. The molecule has 1 heterocycles. The number of amides is 1. The van der Waals surface area contributed by atoms with E-state index in [1.54, 1.807) is 12.1 Å². The Morgan fingerprint density at radius 2 is 1.83 bits per heavy atom. The molecule has 7 heteroatoms. The largest absolute Gasteiger partial charge is 0.357 e. The Morgan fingerprint density at radius 1 is 1.22 bits per heavy atom. The number of nitrogens with zero attached hydrogens (tertiary/aromatic N) is 2. The summed E-state index contributed by atoms with van der Waals surface area (Å²) in [4.78, 5) is 17.9. The Bertz CT molecular complexity index is 559. The number of carbonyl (C=O) groups is 1. The monoisotopic (exact) mass is 355 g/mol. The zero-order valence-corrected chi connectivity index (χ0v) is 15.2. The lowest BCUT2D eigenvalue weighted by molar-refractivity contribution is -0.856. The number of rotatable bonds is 4. The van der Waals surface area contributed by atoms with Gasteiger partial charge in [0.2, 0.25) is 0 Å². The van der Waals surface area contributed by atoms with Crippen LogP contribution < -0.4 is 10.2 Å². The van der Waals surface area contributed by atoms with Gasteiger partial charge in [0.15, 0.2) is 5.11 Å². The van der Waals surface area contributed by atoms with Crippen molar-refractivity contribution in [3.8, 4) is 0 Å². The van der Waals surface area contributed by atoms with Gasteiger partial charge in [-0.15, -0.1) is 0 Å². The van der Waals surface area contributed by atoms with Crippen molar-refractivity contribution in [1.29, 1.82) is 0 Å². The quantitative estimate of drug-likeness (QED) is 0.753. The molecule has 1 aromatic rings. The molecule has 0 unspecified atom stereocenters. The minimum atomic E-state index is -0.00895. The lowest BCUT2D eigenvalue weighted by Gasteiger charge is -2.36. The maximum absolute atomic E-state index is 12.5. The van der Waals surface area contributed by atoms with E-state index < -0.39 is 0 Å². The third-order valence-corrected chi connectivity index (χ3v) is 4.59. The molecule has 23 heavy (non-hydrogen) atoms. The van der Waals surface area contributed by atoms with E-state index in [2.05, 4.69) is 24.3 Å². The number of carbonyl (C=O) groups excluding carboxylic acids is 1. The Labute approximate surface area is 148 Å². The van der Waals surface area contributed by atoms with E-state index in [9.17, 15) is 4.79 Å². The number of likely N-dealkylation sites (N-methyl/N-ethyl adjacent to an activating group) is 1. The number of piperazine rings is 1. The molecule has 0 saturated carbocycles. The molecule has 0 aliphatic carbocycles. The molecule has 0 atom stereocenters.